The molecular formula is C25H15F3N2O7. The highest BCUT2D eigenvalue weighted by molar-refractivity contribution is 6.31. The van der Waals surface area contributed by atoms with Gasteiger partial charge in [-0.2, -0.15) is 13.2 Å². The summed E-state index contributed by atoms with van der Waals surface area (Å²) in [6.07, 6.45) is -3.82. The summed E-state index contributed by atoms with van der Waals surface area (Å²) in [5.74, 6) is -5.18. The van der Waals surface area contributed by atoms with Crippen LogP contribution in [-0.2, 0) is 15.8 Å². The van der Waals surface area contributed by atoms with E-state index in [0.29, 0.717) is 6.07 Å². The Bertz CT molecular complexity index is 1510. The predicted molar refractivity (Wildman–Crippen MR) is 120 cm³/mol. The number of anilines is 1. The van der Waals surface area contributed by atoms with Crippen molar-refractivity contribution >= 4 is 35.2 Å². The second-order valence-electron chi connectivity index (χ2n) is 7.80. The van der Waals surface area contributed by atoms with E-state index >= 15 is 0 Å². The van der Waals surface area contributed by atoms with Crippen LogP contribution < -0.4 is 14.8 Å². The molecule has 0 fully saturated rings. The summed E-state index contributed by atoms with van der Waals surface area (Å²) in [6.45, 7) is 2.13. The Morgan fingerprint density at radius 2 is 1.49 bits per heavy atom. The Kier molecular flexibility index (Phi) is 6.34. The second kappa shape index (κ2) is 9.30. The van der Waals surface area contributed by atoms with Gasteiger partial charge in [0.15, 0.2) is 5.78 Å². The number of pyridine rings is 1. The molecule has 9 nitrogen and oxygen atoms in total. The number of rotatable bonds is 4. The van der Waals surface area contributed by atoms with Gasteiger partial charge in [0.25, 0.3) is 5.91 Å². The first kappa shape index (κ1) is 25.2. The molecule has 1 aromatic heterocycles. The van der Waals surface area contributed by atoms with E-state index in [1.165, 1.54) is 18.2 Å². The van der Waals surface area contributed by atoms with Gasteiger partial charge in [-0.15, -0.1) is 0 Å². The summed E-state index contributed by atoms with van der Waals surface area (Å²) in [7, 11) is 0. The number of alkyl halides is 3. The molecule has 0 aliphatic heterocycles. The van der Waals surface area contributed by atoms with Crippen LogP contribution in [0.15, 0.2) is 48.7 Å². The number of carbonyl (C=O) groups is 5. The lowest BCUT2D eigenvalue weighted by molar-refractivity contribution is -0.137. The zero-order valence-corrected chi connectivity index (χ0v) is 19.1. The fraction of sp³-hybridized carbons (Fsp3) is 0.120. The summed E-state index contributed by atoms with van der Waals surface area (Å²) in [5.41, 5.74) is -2.34. The first-order chi connectivity index (χ1) is 17.4. The molecule has 0 unspecified atom stereocenters. The van der Waals surface area contributed by atoms with Crippen LogP contribution in [0.1, 0.15) is 61.6 Å². The topological polar surface area (TPSA) is 129 Å². The lowest BCUT2D eigenvalue weighted by Gasteiger charge is -2.22. The molecule has 188 valence electrons. The first-order valence-electron chi connectivity index (χ1n) is 10.5. The summed E-state index contributed by atoms with van der Waals surface area (Å²) in [6, 6.07) is 7.39. The number of nitrogens with one attached hydrogen (secondary N) is 1. The standard InChI is InChI=1S/C25H15F3N2O7/c1-11(31)36-17-5-3-4-15-20(17)23(34)21-16(22(15)33)8-13(9-18(21)37-12(2)32)24(35)30-19-10-14(6-7-29-19)25(26,27)28/h3-10H,1-2H3,(H,29,30,35). The summed E-state index contributed by atoms with van der Waals surface area (Å²) in [4.78, 5) is 66.5. The van der Waals surface area contributed by atoms with Gasteiger partial charge < -0.3 is 14.8 Å². The number of benzene rings is 2. The maximum Gasteiger partial charge on any atom is 0.416 e. The Hall–Kier alpha value is -4.87. The molecule has 0 bridgehead atoms. The number of ether oxygens (including phenoxy) is 2. The average molecular weight is 512 g/mol. The third kappa shape index (κ3) is 4.94. The van der Waals surface area contributed by atoms with Crippen molar-refractivity contribution in [3.05, 3.63) is 82.0 Å². The number of nitrogens with zero attached hydrogens (tertiary/aromatic N) is 1. The molecule has 37 heavy (non-hydrogen) atoms. The molecule has 1 aliphatic rings. The van der Waals surface area contributed by atoms with E-state index in [1.54, 1.807) is 0 Å². The van der Waals surface area contributed by atoms with Gasteiger partial charge in [0, 0.05) is 36.7 Å². The van der Waals surface area contributed by atoms with Crippen LogP contribution in [0.3, 0.4) is 0 Å². The summed E-state index contributed by atoms with van der Waals surface area (Å²) < 4.78 is 49.2. The lowest BCUT2D eigenvalue weighted by atomic mass is 9.82. The Morgan fingerprint density at radius 3 is 2.14 bits per heavy atom. The van der Waals surface area contributed by atoms with Gasteiger partial charge in [-0.25, -0.2) is 4.98 Å². The number of fused-ring (bicyclic) bond motifs is 2. The second-order valence-corrected chi connectivity index (χ2v) is 7.80. The quantitative estimate of drug-likeness (QED) is 0.321. The molecule has 1 N–H and O–H groups in total. The highest BCUT2D eigenvalue weighted by Crippen LogP contribution is 2.38. The number of hydrogen-bond acceptors (Lipinski definition) is 8. The molecule has 12 heteroatoms. The zero-order valence-electron chi connectivity index (χ0n) is 19.1. The van der Waals surface area contributed by atoms with Gasteiger partial charge in [-0.05, 0) is 30.3 Å². The van der Waals surface area contributed by atoms with E-state index in [4.69, 9.17) is 9.47 Å². The van der Waals surface area contributed by atoms with E-state index in [-0.39, 0.29) is 33.6 Å². The van der Waals surface area contributed by atoms with E-state index in [1.807, 2.05) is 0 Å². The van der Waals surface area contributed by atoms with Gasteiger partial charge in [0.05, 0.1) is 16.7 Å². The van der Waals surface area contributed by atoms with Gasteiger partial charge in [0.1, 0.15) is 17.3 Å². The van der Waals surface area contributed by atoms with Gasteiger partial charge in [-0.3, -0.25) is 24.0 Å². The highest BCUT2D eigenvalue weighted by atomic mass is 19.4. The SMILES string of the molecule is CC(=O)Oc1cccc2c1C(=O)c1c(OC(C)=O)cc(C(=O)Nc3cc(C(F)(F)F)ccn3)cc1C2=O. The van der Waals surface area contributed by atoms with Crippen molar-refractivity contribution in [1.82, 2.24) is 4.98 Å². The average Bonchev–Trinajstić information content (AvgIpc) is 2.81. The molecule has 0 saturated carbocycles. The summed E-state index contributed by atoms with van der Waals surface area (Å²) >= 11 is 0. The van der Waals surface area contributed by atoms with Crippen molar-refractivity contribution in [2.75, 3.05) is 5.32 Å². The Labute approximate surface area is 206 Å². The normalized spacial score (nSPS) is 12.4. The van der Waals surface area contributed by atoms with E-state index in [0.717, 1.165) is 38.2 Å². The number of esters is 2. The largest absolute Gasteiger partial charge is 0.426 e. The Morgan fingerprint density at radius 1 is 0.838 bits per heavy atom. The molecule has 3 aromatic rings. The minimum atomic E-state index is -4.68. The van der Waals surface area contributed by atoms with Crippen LogP contribution in [0.5, 0.6) is 11.5 Å². The van der Waals surface area contributed by atoms with Crippen molar-refractivity contribution in [3.8, 4) is 11.5 Å². The fourth-order valence-electron chi connectivity index (χ4n) is 3.72. The minimum Gasteiger partial charge on any atom is -0.426 e. The molecule has 0 spiro atoms. The van der Waals surface area contributed by atoms with Crippen molar-refractivity contribution in [3.63, 3.8) is 0 Å². The molecule has 1 amide bonds. The van der Waals surface area contributed by atoms with Crippen molar-refractivity contribution in [2.24, 2.45) is 0 Å². The van der Waals surface area contributed by atoms with Crippen LogP contribution >= 0.6 is 0 Å². The lowest BCUT2D eigenvalue weighted by Crippen LogP contribution is -2.25. The number of halogens is 3. The molecule has 2 aromatic carbocycles. The molecule has 0 atom stereocenters. The highest BCUT2D eigenvalue weighted by Gasteiger charge is 2.37. The number of carbonyl (C=O) groups excluding carboxylic acids is 5. The maximum atomic E-state index is 13.4. The number of ketones is 2. The van der Waals surface area contributed by atoms with Crippen LogP contribution in [0.25, 0.3) is 0 Å². The monoisotopic (exact) mass is 512 g/mol. The number of aromatic nitrogens is 1. The molecule has 0 radical (unpaired) electrons. The molecule has 1 aliphatic carbocycles. The predicted octanol–water partition coefficient (Wildman–Crippen LogP) is 3.98. The summed E-state index contributed by atoms with van der Waals surface area (Å²) in [5, 5.41) is 2.19. The fourth-order valence-corrected chi connectivity index (χ4v) is 3.72. The van der Waals surface area contributed by atoms with Crippen LogP contribution in [0.2, 0.25) is 0 Å². The Balaban J connectivity index is 1.81. The van der Waals surface area contributed by atoms with Crippen LogP contribution in [0, 0.1) is 0 Å². The van der Waals surface area contributed by atoms with E-state index < -0.39 is 52.7 Å². The molecule has 4 rings (SSSR count). The third-order valence-electron chi connectivity index (χ3n) is 5.17. The van der Waals surface area contributed by atoms with Crippen molar-refractivity contribution in [2.45, 2.75) is 20.0 Å². The smallest absolute Gasteiger partial charge is 0.416 e. The number of amides is 1. The number of hydrogen-bond donors (Lipinski definition) is 1. The van der Waals surface area contributed by atoms with E-state index in [9.17, 15) is 37.1 Å². The van der Waals surface area contributed by atoms with Crippen LogP contribution in [-0.4, -0.2) is 34.4 Å². The minimum absolute atomic E-state index is 0.123. The van der Waals surface area contributed by atoms with Crippen molar-refractivity contribution < 1.29 is 46.6 Å². The third-order valence-corrected chi connectivity index (χ3v) is 5.17. The van der Waals surface area contributed by atoms with Crippen molar-refractivity contribution in [1.29, 1.82) is 0 Å². The maximum absolute atomic E-state index is 13.4. The van der Waals surface area contributed by atoms with Crippen LogP contribution in [0.4, 0.5) is 19.0 Å². The van der Waals surface area contributed by atoms with E-state index in [2.05, 4.69) is 10.3 Å². The molecular weight excluding hydrogens is 497 g/mol. The van der Waals surface area contributed by atoms with Gasteiger partial charge >= 0.3 is 18.1 Å². The molecule has 0 saturated heterocycles. The first-order valence-corrected chi connectivity index (χ1v) is 10.5. The molecule has 1 heterocycles. The zero-order chi connectivity index (χ0) is 27.1. The van der Waals surface area contributed by atoms with Gasteiger partial charge in [0.2, 0.25) is 5.78 Å². The van der Waals surface area contributed by atoms with Gasteiger partial charge in [-0.1, -0.05) is 12.1 Å².